The third-order valence-corrected chi connectivity index (χ3v) is 2.18. The number of hydrogen-bond acceptors (Lipinski definition) is 6. The number of nitro groups is 1. The Kier molecular flexibility index (Phi) is 3.95. The summed E-state index contributed by atoms with van der Waals surface area (Å²) in [6.07, 6.45) is 0. The fraction of sp³-hybridized carbons (Fsp3) is 0.182. The zero-order chi connectivity index (χ0) is 13.7. The standard InChI is InChI=1S/C11H7N3O4/c1-18-10-4-8(14(16)17)2-3-9(10)11(15)7(5-12)6-13/h2-4,7H,1H3. The number of carbonyl (C=O) groups excluding carboxylic acids is 1. The van der Waals surface area contributed by atoms with Crippen LogP contribution in [0, 0.1) is 38.7 Å². The Morgan fingerprint density at radius 1 is 1.44 bits per heavy atom. The molecule has 0 aliphatic rings. The van der Waals surface area contributed by atoms with Gasteiger partial charge < -0.3 is 4.74 Å². The lowest BCUT2D eigenvalue weighted by Crippen LogP contribution is -2.12. The van der Waals surface area contributed by atoms with Crippen LogP contribution in [0.2, 0.25) is 0 Å². The number of methoxy groups -OCH3 is 1. The van der Waals surface area contributed by atoms with Crippen molar-refractivity contribution in [3.8, 4) is 17.9 Å². The molecule has 0 saturated heterocycles. The van der Waals surface area contributed by atoms with E-state index in [0.717, 1.165) is 12.1 Å². The van der Waals surface area contributed by atoms with Crippen LogP contribution in [0.15, 0.2) is 18.2 Å². The summed E-state index contributed by atoms with van der Waals surface area (Å²) < 4.78 is 4.85. The molecular formula is C11H7N3O4. The molecule has 0 aliphatic heterocycles. The number of nitrogens with zero attached hydrogens (tertiary/aromatic N) is 3. The van der Waals surface area contributed by atoms with Gasteiger partial charge in [-0.15, -0.1) is 0 Å². The van der Waals surface area contributed by atoms with Gasteiger partial charge in [-0.05, 0) is 6.07 Å². The monoisotopic (exact) mass is 245 g/mol. The van der Waals surface area contributed by atoms with Gasteiger partial charge in [-0.25, -0.2) is 0 Å². The van der Waals surface area contributed by atoms with E-state index in [1.54, 1.807) is 0 Å². The van der Waals surface area contributed by atoms with E-state index in [4.69, 9.17) is 15.3 Å². The van der Waals surface area contributed by atoms with Gasteiger partial charge in [-0.3, -0.25) is 14.9 Å². The van der Waals surface area contributed by atoms with Gasteiger partial charge in [0.25, 0.3) is 5.69 Å². The molecule has 0 spiro atoms. The van der Waals surface area contributed by atoms with Gasteiger partial charge in [0, 0.05) is 6.07 Å². The van der Waals surface area contributed by atoms with Crippen LogP contribution in [-0.4, -0.2) is 17.8 Å². The molecule has 90 valence electrons. The predicted molar refractivity (Wildman–Crippen MR) is 58.7 cm³/mol. The Morgan fingerprint density at radius 2 is 2.06 bits per heavy atom. The highest BCUT2D eigenvalue weighted by molar-refractivity contribution is 6.03. The molecule has 7 heteroatoms. The smallest absolute Gasteiger partial charge is 0.273 e. The second-order valence-corrected chi connectivity index (χ2v) is 3.20. The molecule has 1 aromatic rings. The summed E-state index contributed by atoms with van der Waals surface area (Å²) in [5.41, 5.74) is -0.273. The molecule has 0 amide bonds. The zero-order valence-electron chi connectivity index (χ0n) is 9.28. The average Bonchev–Trinajstić information content (AvgIpc) is 2.39. The van der Waals surface area contributed by atoms with Crippen molar-refractivity contribution in [2.24, 2.45) is 5.92 Å². The minimum absolute atomic E-state index is 0.0313. The van der Waals surface area contributed by atoms with Gasteiger partial charge in [-0.1, -0.05) is 0 Å². The summed E-state index contributed by atoms with van der Waals surface area (Å²) >= 11 is 0. The molecular weight excluding hydrogens is 238 g/mol. The molecule has 0 aromatic heterocycles. The molecule has 0 saturated carbocycles. The second kappa shape index (κ2) is 5.41. The molecule has 0 radical (unpaired) electrons. The highest BCUT2D eigenvalue weighted by Gasteiger charge is 2.24. The van der Waals surface area contributed by atoms with Crippen LogP contribution in [-0.2, 0) is 0 Å². The lowest BCUT2D eigenvalue weighted by molar-refractivity contribution is -0.384. The van der Waals surface area contributed by atoms with E-state index < -0.39 is 16.6 Å². The van der Waals surface area contributed by atoms with Gasteiger partial charge in [0.05, 0.1) is 35.8 Å². The van der Waals surface area contributed by atoms with Crippen LogP contribution in [0.1, 0.15) is 10.4 Å². The van der Waals surface area contributed by atoms with Crippen molar-refractivity contribution in [2.45, 2.75) is 0 Å². The molecule has 18 heavy (non-hydrogen) atoms. The predicted octanol–water partition coefficient (Wildman–Crippen LogP) is 1.45. The van der Waals surface area contributed by atoms with Crippen molar-refractivity contribution in [2.75, 3.05) is 7.11 Å². The van der Waals surface area contributed by atoms with Gasteiger partial charge >= 0.3 is 0 Å². The van der Waals surface area contributed by atoms with E-state index in [0.29, 0.717) is 0 Å². The minimum atomic E-state index is -1.46. The Morgan fingerprint density at radius 3 is 2.50 bits per heavy atom. The first kappa shape index (κ1) is 13.1. The lowest BCUT2D eigenvalue weighted by atomic mass is 9.99. The molecule has 1 aromatic carbocycles. The van der Waals surface area contributed by atoms with Crippen LogP contribution in [0.4, 0.5) is 5.69 Å². The number of non-ortho nitro benzene ring substituents is 1. The summed E-state index contributed by atoms with van der Waals surface area (Å²) in [4.78, 5) is 21.7. The molecule has 0 unspecified atom stereocenters. The first-order chi connectivity index (χ1) is 8.54. The fourth-order valence-electron chi connectivity index (χ4n) is 1.30. The van der Waals surface area contributed by atoms with E-state index in [1.807, 2.05) is 0 Å². The average molecular weight is 245 g/mol. The highest BCUT2D eigenvalue weighted by atomic mass is 16.6. The maximum absolute atomic E-state index is 11.8. The van der Waals surface area contributed by atoms with Crippen molar-refractivity contribution in [1.29, 1.82) is 10.5 Å². The Labute approximate surface area is 102 Å². The summed E-state index contributed by atoms with van der Waals surface area (Å²) in [6, 6.07) is 6.43. The fourth-order valence-corrected chi connectivity index (χ4v) is 1.30. The number of nitriles is 2. The molecule has 0 aliphatic carbocycles. The van der Waals surface area contributed by atoms with Crippen molar-refractivity contribution in [1.82, 2.24) is 0 Å². The number of ketones is 1. The number of rotatable bonds is 4. The van der Waals surface area contributed by atoms with Crippen LogP contribution < -0.4 is 4.74 Å². The van der Waals surface area contributed by atoms with Crippen molar-refractivity contribution >= 4 is 11.5 Å². The Balaban J connectivity index is 3.27. The molecule has 1 rings (SSSR count). The SMILES string of the molecule is COc1cc([N+](=O)[O-])ccc1C(=O)C(C#N)C#N. The van der Waals surface area contributed by atoms with Gasteiger partial charge in [0.15, 0.2) is 11.7 Å². The molecule has 0 atom stereocenters. The van der Waals surface area contributed by atoms with Crippen molar-refractivity contribution < 1.29 is 14.5 Å². The molecule has 0 bridgehead atoms. The van der Waals surface area contributed by atoms with E-state index >= 15 is 0 Å². The van der Waals surface area contributed by atoms with E-state index in [9.17, 15) is 14.9 Å². The van der Waals surface area contributed by atoms with E-state index in [2.05, 4.69) is 0 Å². The number of ether oxygens (including phenoxy) is 1. The van der Waals surface area contributed by atoms with Crippen LogP contribution in [0.25, 0.3) is 0 Å². The molecule has 0 N–H and O–H groups in total. The zero-order valence-corrected chi connectivity index (χ0v) is 9.28. The molecule has 0 heterocycles. The maximum Gasteiger partial charge on any atom is 0.273 e. The quantitative estimate of drug-likeness (QED) is 0.450. The normalized spacial score (nSPS) is 9.33. The first-order valence-corrected chi connectivity index (χ1v) is 4.71. The number of benzene rings is 1. The van der Waals surface area contributed by atoms with Crippen molar-refractivity contribution in [3.63, 3.8) is 0 Å². The lowest BCUT2D eigenvalue weighted by Gasteiger charge is -2.07. The Hall–Kier alpha value is -2.93. The Bertz CT molecular complexity index is 569. The van der Waals surface area contributed by atoms with Crippen LogP contribution >= 0.6 is 0 Å². The van der Waals surface area contributed by atoms with Gasteiger partial charge in [0.2, 0.25) is 0 Å². The third kappa shape index (κ3) is 2.42. The molecule has 7 nitrogen and oxygen atoms in total. The summed E-state index contributed by atoms with van der Waals surface area (Å²) in [5, 5.41) is 27.8. The summed E-state index contributed by atoms with van der Waals surface area (Å²) in [5.74, 6) is -2.24. The van der Waals surface area contributed by atoms with Gasteiger partial charge in [-0.2, -0.15) is 10.5 Å². The summed E-state index contributed by atoms with van der Waals surface area (Å²) in [7, 11) is 1.24. The topological polar surface area (TPSA) is 117 Å². The highest BCUT2D eigenvalue weighted by Crippen LogP contribution is 2.26. The van der Waals surface area contributed by atoms with E-state index in [1.165, 1.54) is 25.3 Å². The van der Waals surface area contributed by atoms with Crippen LogP contribution in [0.3, 0.4) is 0 Å². The van der Waals surface area contributed by atoms with E-state index in [-0.39, 0.29) is 17.0 Å². The van der Waals surface area contributed by atoms with Gasteiger partial charge in [0.1, 0.15) is 5.75 Å². The number of carbonyl (C=O) groups is 1. The van der Waals surface area contributed by atoms with Crippen LogP contribution in [0.5, 0.6) is 5.75 Å². The third-order valence-electron chi connectivity index (χ3n) is 2.18. The largest absolute Gasteiger partial charge is 0.496 e. The first-order valence-electron chi connectivity index (χ1n) is 4.71. The maximum atomic E-state index is 11.8. The number of Topliss-reactive ketones (excluding diaryl/α,β-unsaturated/α-hetero) is 1. The minimum Gasteiger partial charge on any atom is -0.496 e. The number of hydrogen-bond donors (Lipinski definition) is 0. The number of nitro benzene ring substituents is 1. The molecule has 0 fully saturated rings. The van der Waals surface area contributed by atoms with Crippen molar-refractivity contribution in [3.05, 3.63) is 33.9 Å². The second-order valence-electron chi connectivity index (χ2n) is 3.20. The summed E-state index contributed by atoms with van der Waals surface area (Å²) in [6.45, 7) is 0.